The molecular formula is C9H9Cl2NO. The van der Waals surface area contributed by atoms with E-state index in [2.05, 4.69) is 4.99 Å². The van der Waals surface area contributed by atoms with Crippen molar-refractivity contribution in [3.63, 3.8) is 0 Å². The smallest absolute Gasteiger partial charge is 0.211 e. The molecule has 13 heavy (non-hydrogen) atoms. The number of aryl methyl sites for hydroxylation is 1. The number of benzene rings is 1. The standard InChI is InChI=1S/C8H7NO.CH2Cl2/c1-7-2-4-8(5-3-7)9-6-10;2-1-3/h2-5H,1H3;1H2. The van der Waals surface area contributed by atoms with E-state index in [9.17, 15) is 4.79 Å². The molecule has 70 valence electrons. The first-order chi connectivity index (χ1) is 6.24. The number of hydrogen-bond donors (Lipinski definition) is 0. The first-order valence-corrected chi connectivity index (χ1v) is 4.58. The number of hydrogen-bond acceptors (Lipinski definition) is 2. The second-order valence-corrected chi connectivity index (χ2v) is 2.95. The molecule has 2 nitrogen and oxygen atoms in total. The lowest BCUT2D eigenvalue weighted by molar-refractivity contribution is 0.565. The van der Waals surface area contributed by atoms with Crippen LogP contribution in [0.3, 0.4) is 0 Å². The normalized spacial score (nSPS) is 7.92. The average molecular weight is 218 g/mol. The second-order valence-electron chi connectivity index (χ2n) is 2.14. The van der Waals surface area contributed by atoms with Crippen LogP contribution in [-0.2, 0) is 4.79 Å². The van der Waals surface area contributed by atoms with Crippen LogP contribution in [0, 0.1) is 6.92 Å². The average Bonchev–Trinajstić information content (AvgIpc) is 2.11. The van der Waals surface area contributed by atoms with Crippen molar-refractivity contribution in [2.24, 2.45) is 4.99 Å². The number of alkyl halides is 2. The van der Waals surface area contributed by atoms with Gasteiger partial charge in [-0.05, 0) is 19.1 Å². The molecule has 4 heteroatoms. The lowest BCUT2D eigenvalue weighted by Crippen LogP contribution is -1.67. The molecule has 0 aliphatic carbocycles. The number of rotatable bonds is 1. The van der Waals surface area contributed by atoms with Gasteiger partial charge < -0.3 is 0 Å². The lowest BCUT2D eigenvalue weighted by atomic mass is 10.2. The Balaban J connectivity index is 0.000000424. The van der Waals surface area contributed by atoms with E-state index in [1.54, 1.807) is 12.1 Å². The molecule has 0 aliphatic heterocycles. The molecule has 1 rings (SSSR count). The molecular weight excluding hydrogens is 209 g/mol. The van der Waals surface area contributed by atoms with Crippen LogP contribution in [-0.4, -0.2) is 11.4 Å². The van der Waals surface area contributed by atoms with Crippen LogP contribution in [0.4, 0.5) is 5.69 Å². The van der Waals surface area contributed by atoms with Crippen molar-refractivity contribution in [2.45, 2.75) is 6.92 Å². The largest absolute Gasteiger partial charge is 0.240 e. The third-order valence-electron chi connectivity index (χ3n) is 1.21. The summed E-state index contributed by atoms with van der Waals surface area (Å²) < 4.78 is 0. The van der Waals surface area contributed by atoms with Crippen molar-refractivity contribution >= 4 is 35.0 Å². The number of aliphatic imine (C=N–C) groups is 1. The highest BCUT2D eigenvalue weighted by Gasteiger charge is 1.85. The summed E-state index contributed by atoms with van der Waals surface area (Å²) in [6.45, 7) is 1.98. The van der Waals surface area contributed by atoms with E-state index in [1.807, 2.05) is 19.1 Å². The van der Waals surface area contributed by atoms with Crippen LogP contribution >= 0.6 is 23.2 Å². The Morgan fingerprint density at radius 2 is 1.77 bits per heavy atom. The minimum absolute atomic E-state index is 0.194. The summed E-state index contributed by atoms with van der Waals surface area (Å²) in [6.07, 6.45) is 1.48. The lowest BCUT2D eigenvalue weighted by Gasteiger charge is -1.89. The van der Waals surface area contributed by atoms with Gasteiger partial charge in [-0.3, -0.25) is 0 Å². The van der Waals surface area contributed by atoms with E-state index in [0.29, 0.717) is 5.69 Å². The fraction of sp³-hybridized carbons (Fsp3) is 0.222. The number of carbonyl (C=O) groups excluding carboxylic acids is 1. The Morgan fingerprint density at radius 1 is 1.31 bits per heavy atom. The van der Waals surface area contributed by atoms with Crippen LogP contribution in [0.15, 0.2) is 29.3 Å². The highest BCUT2D eigenvalue weighted by Crippen LogP contribution is 2.10. The van der Waals surface area contributed by atoms with E-state index in [0.717, 1.165) is 5.56 Å². The van der Waals surface area contributed by atoms with Gasteiger partial charge in [-0.2, -0.15) is 4.99 Å². The number of isocyanates is 1. The van der Waals surface area contributed by atoms with Gasteiger partial charge in [0, 0.05) is 0 Å². The number of halogens is 2. The molecule has 0 heterocycles. The molecule has 0 N–H and O–H groups in total. The van der Waals surface area contributed by atoms with Gasteiger partial charge in [-0.25, -0.2) is 4.79 Å². The third-order valence-corrected chi connectivity index (χ3v) is 1.21. The molecule has 0 radical (unpaired) electrons. The van der Waals surface area contributed by atoms with E-state index >= 15 is 0 Å². The molecule has 0 atom stereocenters. The van der Waals surface area contributed by atoms with Gasteiger partial charge in [-0.15, -0.1) is 23.2 Å². The van der Waals surface area contributed by atoms with Crippen LogP contribution in [0.5, 0.6) is 0 Å². The molecule has 0 spiro atoms. The van der Waals surface area contributed by atoms with Crippen molar-refractivity contribution in [2.75, 3.05) is 5.34 Å². The minimum Gasteiger partial charge on any atom is -0.211 e. The first kappa shape index (κ1) is 12.2. The highest BCUT2D eigenvalue weighted by atomic mass is 35.5. The Kier molecular flexibility index (Phi) is 7.32. The topological polar surface area (TPSA) is 29.4 Å². The van der Waals surface area contributed by atoms with E-state index in [1.165, 1.54) is 6.08 Å². The maximum Gasteiger partial charge on any atom is 0.240 e. The van der Waals surface area contributed by atoms with Crippen molar-refractivity contribution in [3.05, 3.63) is 29.8 Å². The fourth-order valence-electron chi connectivity index (χ4n) is 0.672. The van der Waals surface area contributed by atoms with Gasteiger partial charge in [0.1, 0.15) is 0 Å². The zero-order valence-electron chi connectivity index (χ0n) is 7.13. The SMILES string of the molecule is Cc1ccc(N=C=O)cc1.ClCCl. The monoisotopic (exact) mass is 217 g/mol. The molecule has 0 saturated carbocycles. The molecule has 0 fully saturated rings. The summed E-state index contributed by atoms with van der Waals surface area (Å²) >= 11 is 9.53. The van der Waals surface area contributed by atoms with Crippen LogP contribution in [0.25, 0.3) is 0 Å². The zero-order chi connectivity index (χ0) is 10.1. The molecule has 0 bridgehead atoms. The van der Waals surface area contributed by atoms with E-state index < -0.39 is 0 Å². The van der Waals surface area contributed by atoms with Crippen molar-refractivity contribution in [1.82, 2.24) is 0 Å². The summed E-state index contributed by atoms with van der Waals surface area (Å²) in [5.74, 6) is 0. The molecule has 0 aliphatic rings. The molecule has 0 amide bonds. The van der Waals surface area contributed by atoms with Crippen LogP contribution < -0.4 is 0 Å². The fourth-order valence-corrected chi connectivity index (χ4v) is 0.672. The molecule has 1 aromatic rings. The van der Waals surface area contributed by atoms with Gasteiger partial charge in [0.15, 0.2) is 0 Å². The van der Waals surface area contributed by atoms with Crippen molar-refractivity contribution in [3.8, 4) is 0 Å². The summed E-state index contributed by atoms with van der Waals surface area (Å²) in [7, 11) is 0. The molecule has 0 aromatic heterocycles. The summed E-state index contributed by atoms with van der Waals surface area (Å²) in [4.78, 5) is 13.2. The van der Waals surface area contributed by atoms with Gasteiger partial charge >= 0.3 is 0 Å². The molecule has 0 saturated heterocycles. The third kappa shape index (κ3) is 6.35. The first-order valence-electron chi connectivity index (χ1n) is 3.51. The van der Waals surface area contributed by atoms with Gasteiger partial charge in [-0.1, -0.05) is 17.7 Å². The summed E-state index contributed by atoms with van der Waals surface area (Å²) in [5.41, 5.74) is 1.81. The molecule has 1 aromatic carbocycles. The van der Waals surface area contributed by atoms with E-state index in [-0.39, 0.29) is 5.34 Å². The van der Waals surface area contributed by atoms with Crippen LogP contribution in [0.2, 0.25) is 0 Å². The number of nitrogens with zero attached hydrogens (tertiary/aromatic N) is 1. The van der Waals surface area contributed by atoms with Crippen LogP contribution in [0.1, 0.15) is 5.56 Å². The maximum atomic E-state index is 9.77. The Morgan fingerprint density at radius 3 is 2.15 bits per heavy atom. The Bertz CT molecular complexity index is 278. The highest BCUT2D eigenvalue weighted by molar-refractivity contribution is 6.40. The second kappa shape index (κ2) is 7.81. The zero-order valence-corrected chi connectivity index (χ0v) is 8.64. The summed E-state index contributed by atoms with van der Waals surface area (Å²) in [5, 5.41) is 0.194. The summed E-state index contributed by atoms with van der Waals surface area (Å²) in [6, 6.07) is 7.35. The minimum atomic E-state index is 0.194. The van der Waals surface area contributed by atoms with E-state index in [4.69, 9.17) is 23.2 Å². The van der Waals surface area contributed by atoms with Gasteiger partial charge in [0.05, 0.1) is 11.0 Å². The van der Waals surface area contributed by atoms with Gasteiger partial charge in [0.25, 0.3) is 0 Å². The quantitative estimate of drug-likeness (QED) is 0.403. The predicted molar refractivity (Wildman–Crippen MR) is 55.5 cm³/mol. The predicted octanol–water partition coefficient (Wildman–Crippen LogP) is 3.38. The Hall–Kier alpha value is -0.820. The maximum absolute atomic E-state index is 9.77. The molecule has 0 unspecified atom stereocenters. The van der Waals surface area contributed by atoms with Crippen molar-refractivity contribution < 1.29 is 4.79 Å². The van der Waals surface area contributed by atoms with Gasteiger partial charge in [0.2, 0.25) is 6.08 Å². The van der Waals surface area contributed by atoms with Crippen molar-refractivity contribution in [1.29, 1.82) is 0 Å². The Labute approximate surface area is 87.2 Å².